The van der Waals surface area contributed by atoms with Gasteiger partial charge in [-0.05, 0) is 43.5 Å². The van der Waals surface area contributed by atoms with Crippen molar-refractivity contribution in [1.82, 2.24) is 20.1 Å². The van der Waals surface area contributed by atoms with Gasteiger partial charge in [-0.2, -0.15) is 5.10 Å². The van der Waals surface area contributed by atoms with Gasteiger partial charge in [-0.25, -0.2) is 9.37 Å². The number of nitrogens with zero attached hydrogens (tertiary/aromatic N) is 3. The van der Waals surface area contributed by atoms with Crippen LogP contribution in [0.15, 0.2) is 24.5 Å². The Morgan fingerprint density at radius 1 is 1.40 bits per heavy atom. The van der Waals surface area contributed by atoms with Crippen LogP contribution in [-0.2, 0) is 6.54 Å². The van der Waals surface area contributed by atoms with Gasteiger partial charge >= 0.3 is 0 Å². The second kappa shape index (κ2) is 5.71. The van der Waals surface area contributed by atoms with E-state index < -0.39 is 0 Å². The van der Waals surface area contributed by atoms with Crippen LogP contribution in [0.2, 0.25) is 0 Å². The first-order valence-electron chi connectivity index (χ1n) is 7.08. The highest BCUT2D eigenvalue weighted by Crippen LogP contribution is 2.30. The maximum absolute atomic E-state index is 13.3. The van der Waals surface area contributed by atoms with Crippen molar-refractivity contribution in [3.8, 4) is 0 Å². The Balaban J connectivity index is 1.78. The number of aromatic nitrogens is 3. The predicted octanol–water partition coefficient (Wildman–Crippen LogP) is 2.98. The van der Waals surface area contributed by atoms with E-state index in [1.165, 1.54) is 12.8 Å². The first-order valence-corrected chi connectivity index (χ1v) is 7.08. The van der Waals surface area contributed by atoms with Gasteiger partial charge in [-0.15, -0.1) is 0 Å². The highest BCUT2D eigenvalue weighted by Gasteiger charge is 2.26. The molecule has 0 amide bonds. The Labute approximate surface area is 118 Å². The molecule has 1 fully saturated rings. The van der Waals surface area contributed by atoms with Gasteiger partial charge in [0.1, 0.15) is 18.0 Å². The van der Waals surface area contributed by atoms with E-state index in [1.807, 2.05) is 19.1 Å². The number of H-pyrrole nitrogens is 1. The Bertz CT molecular complexity index is 567. The Hall–Kier alpha value is -1.75. The Kier molecular flexibility index (Phi) is 3.78. The predicted molar refractivity (Wildman–Crippen MR) is 74.5 cm³/mol. The number of likely N-dealkylation sites (tertiary alicyclic amines) is 1. The molecule has 2 heterocycles. The number of hydrogen-bond donors (Lipinski definition) is 1. The monoisotopic (exact) mass is 274 g/mol. The molecule has 1 aliphatic rings. The quantitative estimate of drug-likeness (QED) is 0.936. The van der Waals surface area contributed by atoms with Crippen molar-refractivity contribution in [2.24, 2.45) is 0 Å². The average molecular weight is 274 g/mol. The lowest BCUT2D eigenvalue weighted by Crippen LogP contribution is -2.33. The Morgan fingerprint density at radius 3 is 3.05 bits per heavy atom. The van der Waals surface area contributed by atoms with Gasteiger partial charge in [0.05, 0.1) is 6.04 Å². The molecule has 0 unspecified atom stereocenters. The van der Waals surface area contributed by atoms with Crippen molar-refractivity contribution in [2.75, 3.05) is 6.54 Å². The number of halogens is 1. The molecule has 0 bridgehead atoms. The number of hydrogen-bond acceptors (Lipinski definition) is 3. The van der Waals surface area contributed by atoms with Crippen LogP contribution in [0, 0.1) is 12.7 Å². The molecule has 20 heavy (non-hydrogen) atoms. The molecule has 1 aliphatic heterocycles. The van der Waals surface area contributed by atoms with Gasteiger partial charge in [0, 0.05) is 6.54 Å². The maximum Gasteiger partial charge on any atom is 0.141 e. The summed E-state index contributed by atoms with van der Waals surface area (Å²) in [6, 6.07) is 5.64. The van der Waals surface area contributed by atoms with Gasteiger partial charge < -0.3 is 0 Å². The zero-order valence-corrected chi connectivity index (χ0v) is 11.6. The van der Waals surface area contributed by atoms with Gasteiger partial charge in [0.2, 0.25) is 0 Å². The van der Waals surface area contributed by atoms with Crippen LogP contribution in [0.4, 0.5) is 4.39 Å². The van der Waals surface area contributed by atoms with Crippen LogP contribution in [0.25, 0.3) is 0 Å². The van der Waals surface area contributed by atoms with Gasteiger partial charge in [-0.1, -0.05) is 18.6 Å². The third-order valence-corrected chi connectivity index (χ3v) is 3.97. The van der Waals surface area contributed by atoms with Crippen LogP contribution >= 0.6 is 0 Å². The molecule has 1 aromatic heterocycles. The molecule has 4 nitrogen and oxygen atoms in total. The average Bonchev–Trinajstić information content (AvgIpc) is 2.97. The molecule has 1 atom stereocenters. The highest BCUT2D eigenvalue weighted by atomic mass is 19.1. The molecule has 0 spiro atoms. The van der Waals surface area contributed by atoms with E-state index in [0.717, 1.165) is 30.9 Å². The molecule has 0 saturated carbocycles. The third kappa shape index (κ3) is 2.72. The summed E-state index contributed by atoms with van der Waals surface area (Å²) in [5, 5.41) is 6.93. The molecule has 106 valence electrons. The largest absolute Gasteiger partial charge is 0.289 e. The lowest BCUT2D eigenvalue weighted by molar-refractivity contribution is 0.134. The number of benzene rings is 1. The fraction of sp³-hybridized carbons (Fsp3) is 0.467. The SMILES string of the molecule is Cc1cc(CN2CCCC[C@@H]2c2ncn[nH]2)ccc1F. The number of piperidine rings is 1. The van der Waals surface area contributed by atoms with Gasteiger partial charge in [-0.3, -0.25) is 10.00 Å². The second-order valence-electron chi connectivity index (χ2n) is 5.44. The summed E-state index contributed by atoms with van der Waals surface area (Å²) in [6.07, 6.45) is 5.06. The summed E-state index contributed by atoms with van der Waals surface area (Å²) < 4.78 is 13.3. The molecular formula is C15H19FN4. The van der Waals surface area contributed by atoms with E-state index in [1.54, 1.807) is 12.4 Å². The van der Waals surface area contributed by atoms with Crippen LogP contribution in [-0.4, -0.2) is 26.6 Å². The molecular weight excluding hydrogens is 255 g/mol. The molecule has 3 rings (SSSR count). The summed E-state index contributed by atoms with van der Waals surface area (Å²) in [7, 11) is 0. The van der Waals surface area contributed by atoms with Crippen molar-refractivity contribution in [3.63, 3.8) is 0 Å². The molecule has 5 heteroatoms. The second-order valence-corrected chi connectivity index (χ2v) is 5.44. The lowest BCUT2D eigenvalue weighted by atomic mass is 10.00. The maximum atomic E-state index is 13.3. The van der Waals surface area contributed by atoms with Crippen LogP contribution < -0.4 is 0 Å². The molecule has 0 radical (unpaired) electrons. The number of aryl methyl sites for hydroxylation is 1. The Morgan fingerprint density at radius 2 is 2.30 bits per heavy atom. The molecule has 0 aliphatic carbocycles. The summed E-state index contributed by atoms with van der Waals surface area (Å²) in [5.74, 6) is 0.794. The summed E-state index contributed by atoms with van der Waals surface area (Å²) in [6.45, 7) is 3.68. The van der Waals surface area contributed by atoms with E-state index >= 15 is 0 Å². The third-order valence-electron chi connectivity index (χ3n) is 3.97. The minimum Gasteiger partial charge on any atom is -0.289 e. The van der Waals surface area contributed by atoms with Gasteiger partial charge in [0.15, 0.2) is 0 Å². The van der Waals surface area contributed by atoms with Crippen molar-refractivity contribution in [2.45, 2.75) is 38.8 Å². The van der Waals surface area contributed by atoms with E-state index in [0.29, 0.717) is 5.56 Å². The first-order chi connectivity index (χ1) is 9.74. The molecule has 1 saturated heterocycles. The van der Waals surface area contributed by atoms with Crippen molar-refractivity contribution in [1.29, 1.82) is 0 Å². The molecule has 2 aromatic rings. The lowest BCUT2D eigenvalue weighted by Gasteiger charge is -2.34. The van der Waals surface area contributed by atoms with E-state index in [2.05, 4.69) is 20.1 Å². The van der Waals surface area contributed by atoms with Crippen molar-refractivity contribution >= 4 is 0 Å². The van der Waals surface area contributed by atoms with Crippen LogP contribution in [0.5, 0.6) is 0 Å². The number of rotatable bonds is 3. The smallest absolute Gasteiger partial charge is 0.141 e. The highest BCUT2D eigenvalue weighted by molar-refractivity contribution is 5.24. The fourth-order valence-electron chi connectivity index (χ4n) is 2.91. The van der Waals surface area contributed by atoms with E-state index in [9.17, 15) is 4.39 Å². The topological polar surface area (TPSA) is 44.8 Å². The standard InChI is InChI=1S/C15H19FN4/c1-11-8-12(5-6-13(11)16)9-20-7-3-2-4-14(20)15-17-10-18-19-15/h5-6,8,10,14H,2-4,7,9H2,1H3,(H,17,18,19)/t14-/m1/s1. The van der Waals surface area contributed by atoms with Crippen molar-refractivity contribution in [3.05, 3.63) is 47.3 Å². The minimum atomic E-state index is -0.140. The first kappa shape index (κ1) is 13.2. The zero-order chi connectivity index (χ0) is 13.9. The van der Waals surface area contributed by atoms with E-state index in [4.69, 9.17) is 0 Å². The number of aromatic amines is 1. The minimum absolute atomic E-state index is 0.140. The van der Waals surface area contributed by atoms with Crippen LogP contribution in [0.3, 0.4) is 0 Å². The van der Waals surface area contributed by atoms with Crippen LogP contribution in [0.1, 0.15) is 42.3 Å². The number of nitrogens with one attached hydrogen (secondary N) is 1. The fourth-order valence-corrected chi connectivity index (χ4v) is 2.91. The van der Waals surface area contributed by atoms with Crippen molar-refractivity contribution < 1.29 is 4.39 Å². The molecule has 1 aromatic carbocycles. The summed E-state index contributed by atoms with van der Waals surface area (Å²) in [5.41, 5.74) is 1.85. The molecule has 1 N–H and O–H groups in total. The van der Waals surface area contributed by atoms with Gasteiger partial charge in [0.25, 0.3) is 0 Å². The summed E-state index contributed by atoms with van der Waals surface area (Å²) >= 11 is 0. The van der Waals surface area contributed by atoms with E-state index in [-0.39, 0.29) is 11.9 Å². The zero-order valence-electron chi connectivity index (χ0n) is 11.6. The summed E-state index contributed by atoms with van der Waals surface area (Å²) in [4.78, 5) is 6.69. The normalized spacial score (nSPS) is 20.2.